The lowest BCUT2D eigenvalue weighted by atomic mass is 10.1. The maximum atomic E-state index is 13.6. The van der Waals surface area contributed by atoms with Crippen molar-refractivity contribution in [1.82, 2.24) is 5.32 Å². The van der Waals surface area contributed by atoms with Crippen LogP contribution in [-0.2, 0) is 4.79 Å². The first kappa shape index (κ1) is 15.4. The molecule has 1 amide bonds. The van der Waals surface area contributed by atoms with Crippen LogP contribution in [0.15, 0.2) is 18.2 Å². The van der Waals surface area contributed by atoms with Gasteiger partial charge in [0.2, 0.25) is 0 Å². The minimum Gasteiger partial charge on any atom is -0.484 e. The number of rotatable bonds is 6. The number of benzene rings is 1. The lowest BCUT2D eigenvalue weighted by molar-refractivity contribution is -0.123. The molecule has 106 valence electrons. The number of nitrogens with one attached hydrogen (secondary N) is 1. The average Bonchev–Trinajstić information content (AvgIpc) is 2.33. The van der Waals surface area contributed by atoms with Gasteiger partial charge in [-0.15, -0.1) is 0 Å². The second-order valence-electron chi connectivity index (χ2n) is 4.96. The predicted octanol–water partition coefficient (Wildman–Crippen LogP) is 2.00. The Morgan fingerprint density at radius 3 is 2.63 bits per heavy atom. The molecule has 0 spiro atoms. The summed E-state index contributed by atoms with van der Waals surface area (Å²) in [6, 6.07) is 4.05. The number of hydrogen-bond donors (Lipinski definition) is 2. The summed E-state index contributed by atoms with van der Waals surface area (Å²) in [5.41, 5.74) is 6.04. The van der Waals surface area contributed by atoms with Crippen LogP contribution in [0, 0.1) is 11.7 Å². The van der Waals surface area contributed by atoms with Crippen molar-refractivity contribution < 1.29 is 13.9 Å². The van der Waals surface area contributed by atoms with Crippen molar-refractivity contribution >= 4 is 5.91 Å². The van der Waals surface area contributed by atoms with Crippen LogP contribution < -0.4 is 15.8 Å². The Labute approximate surface area is 113 Å². The molecular formula is C14H21FN2O2. The highest BCUT2D eigenvalue weighted by Gasteiger charge is 2.09. The summed E-state index contributed by atoms with van der Waals surface area (Å²) < 4.78 is 18.8. The van der Waals surface area contributed by atoms with Crippen molar-refractivity contribution in [3.05, 3.63) is 29.6 Å². The SMILES string of the molecule is CC(C)CNC(=O)COc1ccc([C@@H](C)N)c(F)c1. The number of halogens is 1. The molecular weight excluding hydrogens is 247 g/mol. The molecule has 0 unspecified atom stereocenters. The molecule has 1 atom stereocenters. The Bertz CT molecular complexity index is 433. The summed E-state index contributed by atoms with van der Waals surface area (Å²) in [5.74, 6) is 0.0637. The molecule has 4 nitrogen and oxygen atoms in total. The van der Waals surface area contributed by atoms with Crippen molar-refractivity contribution in [3.8, 4) is 5.75 Å². The van der Waals surface area contributed by atoms with Gasteiger partial charge in [0.15, 0.2) is 6.61 Å². The van der Waals surface area contributed by atoms with E-state index in [9.17, 15) is 9.18 Å². The topological polar surface area (TPSA) is 64.3 Å². The van der Waals surface area contributed by atoms with Gasteiger partial charge in [-0.05, 0) is 18.9 Å². The van der Waals surface area contributed by atoms with Crippen LogP contribution in [0.5, 0.6) is 5.75 Å². The molecule has 5 heteroatoms. The molecule has 3 N–H and O–H groups in total. The Kier molecular flexibility index (Phi) is 5.76. The predicted molar refractivity (Wildman–Crippen MR) is 72.3 cm³/mol. The fraction of sp³-hybridized carbons (Fsp3) is 0.500. The van der Waals surface area contributed by atoms with Gasteiger partial charge in [-0.3, -0.25) is 4.79 Å². The Morgan fingerprint density at radius 2 is 2.11 bits per heavy atom. The molecule has 0 bridgehead atoms. The highest BCUT2D eigenvalue weighted by molar-refractivity contribution is 5.77. The lowest BCUT2D eigenvalue weighted by Crippen LogP contribution is -2.31. The van der Waals surface area contributed by atoms with Crippen molar-refractivity contribution in [1.29, 1.82) is 0 Å². The third-order valence-electron chi connectivity index (χ3n) is 2.54. The third-order valence-corrected chi connectivity index (χ3v) is 2.54. The van der Waals surface area contributed by atoms with Gasteiger partial charge in [0.05, 0.1) is 0 Å². The fourth-order valence-corrected chi connectivity index (χ4v) is 1.48. The van der Waals surface area contributed by atoms with E-state index in [1.165, 1.54) is 6.07 Å². The van der Waals surface area contributed by atoms with Gasteiger partial charge >= 0.3 is 0 Å². The lowest BCUT2D eigenvalue weighted by Gasteiger charge is -2.11. The van der Waals surface area contributed by atoms with E-state index in [1.54, 1.807) is 19.1 Å². The number of hydrogen-bond acceptors (Lipinski definition) is 3. The number of amides is 1. The fourth-order valence-electron chi connectivity index (χ4n) is 1.48. The molecule has 1 rings (SSSR count). The first-order valence-corrected chi connectivity index (χ1v) is 6.34. The van der Waals surface area contributed by atoms with E-state index in [4.69, 9.17) is 10.5 Å². The molecule has 0 radical (unpaired) electrons. The molecule has 0 fully saturated rings. The maximum Gasteiger partial charge on any atom is 0.257 e. The Morgan fingerprint density at radius 1 is 1.42 bits per heavy atom. The summed E-state index contributed by atoms with van der Waals surface area (Å²) in [6.45, 7) is 6.19. The highest BCUT2D eigenvalue weighted by Crippen LogP contribution is 2.20. The van der Waals surface area contributed by atoms with Gasteiger partial charge in [0, 0.05) is 24.2 Å². The second kappa shape index (κ2) is 7.09. The van der Waals surface area contributed by atoms with Crippen molar-refractivity contribution in [3.63, 3.8) is 0 Å². The summed E-state index contributed by atoms with van der Waals surface area (Å²) in [5, 5.41) is 2.72. The molecule has 0 saturated heterocycles. The zero-order valence-corrected chi connectivity index (χ0v) is 11.6. The molecule has 0 aliphatic heterocycles. The average molecular weight is 268 g/mol. The van der Waals surface area contributed by atoms with Crippen LogP contribution in [0.4, 0.5) is 4.39 Å². The van der Waals surface area contributed by atoms with Crippen LogP contribution in [0.1, 0.15) is 32.4 Å². The minimum atomic E-state index is -0.421. The van der Waals surface area contributed by atoms with E-state index in [0.717, 1.165) is 0 Å². The van der Waals surface area contributed by atoms with E-state index in [0.29, 0.717) is 23.8 Å². The van der Waals surface area contributed by atoms with Crippen LogP contribution in [-0.4, -0.2) is 19.1 Å². The van der Waals surface area contributed by atoms with Crippen molar-refractivity contribution in [2.75, 3.05) is 13.2 Å². The first-order valence-electron chi connectivity index (χ1n) is 6.34. The summed E-state index contributed by atoms with van der Waals surface area (Å²) >= 11 is 0. The number of nitrogens with two attached hydrogens (primary N) is 1. The summed E-state index contributed by atoms with van der Waals surface area (Å²) in [4.78, 5) is 11.4. The highest BCUT2D eigenvalue weighted by atomic mass is 19.1. The summed E-state index contributed by atoms with van der Waals surface area (Å²) in [6.07, 6.45) is 0. The first-order chi connectivity index (χ1) is 8.90. The van der Waals surface area contributed by atoms with E-state index in [2.05, 4.69) is 5.32 Å². The van der Waals surface area contributed by atoms with Crippen LogP contribution in [0.3, 0.4) is 0 Å². The third kappa shape index (κ3) is 5.26. The van der Waals surface area contributed by atoms with E-state index in [-0.39, 0.29) is 18.6 Å². The molecule has 0 saturated carbocycles. The van der Waals surface area contributed by atoms with Crippen molar-refractivity contribution in [2.24, 2.45) is 11.7 Å². The standard InChI is InChI=1S/C14H21FN2O2/c1-9(2)7-17-14(18)8-19-11-4-5-12(10(3)16)13(15)6-11/h4-6,9-10H,7-8,16H2,1-3H3,(H,17,18)/t10-/m1/s1. The summed E-state index contributed by atoms with van der Waals surface area (Å²) in [7, 11) is 0. The number of ether oxygens (including phenoxy) is 1. The molecule has 19 heavy (non-hydrogen) atoms. The van der Waals surface area contributed by atoms with Gasteiger partial charge < -0.3 is 15.8 Å². The smallest absolute Gasteiger partial charge is 0.257 e. The monoisotopic (exact) mass is 268 g/mol. The maximum absolute atomic E-state index is 13.6. The van der Waals surface area contributed by atoms with E-state index < -0.39 is 5.82 Å². The van der Waals surface area contributed by atoms with E-state index in [1.807, 2.05) is 13.8 Å². The normalized spacial score (nSPS) is 12.3. The Hall–Kier alpha value is -1.62. The van der Waals surface area contributed by atoms with Crippen LogP contribution in [0.25, 0.3) is 0 Å². The van der Waals surface area contributed by atoms with Gasteiger partial charge in [-0.25, -0.2) is 4.39 Å². The molecule has 0 heterocycles. The molecule has 1 aromatic rings. The second-order valence-corrected chi connectivity index (χ2v) is 4.96. The number of carbonyl (C=O) groups is 1. The Balaban J connectivity index is 2.50. The molecule has 0 aromatic heterocycles. The van der Waals surface area contributed by atoms with E-state index >= 15 is 0 Å². The molecule has 0 aliphatic rings. The van der Waals surface area contributed by atoms with Crippen LogP contribution >= 0.6 is 0 Å². The van der Waals surface area contributed by atoms with Gasteiger partial charge in [0.1, 0.15) is 11.6 Å². The quantitative estimate of drug-likeness (QED) is 0.829. The number of carbonyl (C=O) groups excluding carboxylic acids is 1. The van der Waals surface area contributed by atoms with Gasteiger partial charge in [-0.1, -0.05) is 19.9 Å². The zero-order valence-electron chi connectivity index (χ0n) is 11.6. The van der Waals surface area contributed by atoms with Gasteiger partial charge in [0.25, 0.3) is 5.91 Å². The van der Waals surface area contributed by atoms with Crippen molar-refractivity contribution in [2.45, 2.75) is 26.8 Å². The minimum absolute atomic E-state index is 0.121. The van der Waals surface area contributed by atoms with Gasteiger partial charge in [-0.2, -0.15) is 0 Å². The molecule has 1 aromatic carbocycles. The zero-order chi connectivity index (χ0) is 14.4. The molecule has 0 aliphatic carbocycles. The van der Waals surface area contributed by atoms with Crippen LogP contribution in [0.2, 0.25) is 0 Å². The largest absolute Gasteiger partial charge is 0.484 e.